The smallest absolute Gasteiger partial charge is 0.277 e. The molecule has 0 aliphatic rings. The fourth-order valence-corrected chi connectivity index (χ4v) is 2.75. The van der Waals surface area contributed by atoms with Crippen LogP contribution in [0.5, 0.6) is 5.75 Å². The van der Waals surface area contributed by atoms with Gasteiger partial charge >= 0.3 is 0 Å². The Morgan fingerprint density at radius 1 is 1.14 bits per heavy atom. The largest absolute Gasteiger partial charge is 0.484 e. The highest BCUT2D eigenvalue weighted by molar-refractivity contribution is 8.00. The minimum atomic E-state index is -0.872. The number of hydrogen-bond donors (Lipinski definition) is 1. The highest BCUT2D eigenvalue weighted by atomic mass is 32.2. The maximum Gasteiger partial charge on any atom is 0.277 e. The average Bonchev–Trinajstić information content (AvgIpc) is 3.11. The lowest BCUT2D eigenvalue weighted by molar-refractivity contribution is -0.115. The molecule has 2 aromatic carbocycles. The fraction of sp³-hybridized carbons (Fsp3) is 0.167. The summed E-state index contributed by atoms with van der Waals surface area (Å²) in [6.45, 7) is 1.54. The molecule has 0 saturated heterocycles. The van der Waals surface area contributed by atoms with E-state index in [9.17, 15) is 18.0 Å². The maximum absolute atomic E-state index is 13.6. The molecule has 0 aliphatic heterocycles. The number of carbonyl (C=O) groups is 1. The van der Waals surface area contributed by atoms with Crippen LogP contribution in [0, 0.1) is 17.5 Å². The molecule has 1 heterocycles. The van der Waals surface area contributed by atoms with Crippen molar-refractivity contribution in [2.45, 2.75) is 24.0 Å². The topological polar surface area (TPSA) is 77.2 Å². The zero-order valence-corrected chi connectivity index (χ0v) is 15.3. The molecule has 0 unspecified atom stereocenters. The second-order valence-corrected chi connectivity index (χ2v) is 6.87. The lowest BCUT2D eigenvalue weighted by Crippen LogP contribution is -2.23. The van der Waals surface area contributed by atoms with E-state index in [4.69, 9.17) is 9.15 Å². The van der Waals surface area contributed by atoms with Gasteiger partial charge in [-0.25, -0.2) is 13.2 Å². The Morgan fingerprint density at radius 3 is 2.57 bits per heavy atom. The predicted octanol–water partition coefficient (Wildman–Crippen LogP) is 4.19. The molecule has 0 aliphatic carbocycles. The van der Waals surface area contributed by atoms with Crippen molar-refractivity contribution in [1.82, 2.24) is 10.2 Å². The van der Waals surface area contributed by atoms with Gasteiger partial charge in [0.05, 0.1) is 10.9 Å². The second-order valence-electron chi connectivity index (χ2n) is 5.58. The SMILES string of the molecule is C[C@H](Sc1nnc(COc2ccc(F)cc2)o1)C(=O)Nc1ccc(F)cc1F. The van der Waals surface area contributed by atoms with Crippen molar-refractivity contribution < 1.29 is 27.1 Å². The molecular weight excluding hydrogens is 395 g/mol. The molecule has 3 aromatic rings. The van der Waals surface area contributed by atoms with E-state index >= 15 is 0 Å². The number of nitrogens with one attached hydrogen (secondary N) is 1. The van der Waals surface area contributed by atoms with Gasteiger partial charge in [0.1, 0.15) is 23.2 Å². The van der Waals surface area contributed by atoms with Gasteiger partial charge in [-0.05, 0) is 43.3 Å². The molecule has 146 valence electrons. The lowest BCUT2D eigenvalue weighted by Gasteiger charge is -2.10. The third kappa shape index (κ3) is 5.26. The number of rotatable bonds is 7. The zero-order valence-electron chi connectivity index (χ0n) is 14.5. The number of ether oxygens (including phenoxy) is 1. The maximum atomic E-state index is 13.6. The Bertz CT molecular complexity index is 966. The molecule has 1 N–H and O–H groups in total. The Labute approximate surface area is 162 Å². The fourth-order valence-electron chi connectivity index (χ4n) is 2.05. The van der Waals surface area contributed by atoms with E-state index in [0.29, 0.717) is 11.8 Å². The summed E-state index contributed by atoms with van der Waals surface area (Å²) in [7, 11) is 0. The molecule has 1 amide bonds. The van der Waals surface area contributed by atoms with Gasteiger partial charge in [0.25, 0.3) is 11.1 Å². The molecule has 0 bridgehead atoms. The Balaban J connectivity index is 1.53. The molecule has 10 heteroatoms. The number of anilines is 1. The molecule has 28 heavy (non-hydrogen) atoms. The van der Waals surface area contributed by atoms with Crippen LogP contribution in [0.2, 0.25) is 0 Å². The summed E-state index contributed by atoms with van der Waals surface area (Å²) in [6.07, 6.45) is 0. The standard InChI is InChI=1S/C18H14F3N3O3S/c1-10(17(25)22-15-7-4-12(20)8-14(15)21)28-18-24-23-16(27-18)9-26-13-5-2-11(19)3-6-13/h2-8,10H,9H2,1H3,(H,22,25)/t10-/m0/s1. The van der Waals surface area contributed by atoms with Crippen LogP contribution in [0.4, 0.5) is 18.9 Å². The van der Waals surface area contributed by atoms with E-state index < -0.39 is 22.8 Å². The van der Waals surface area contributed by atoms with Gasteiger partial charge in [0.15, 0.2) is 6.61 Å². The van der Waals surface area contributed by atoms with E-state index in [1.165, 1.54) is 24.3 Å². The first-order valence-electron chi connectivity index (χ1n) is 8.04. The molecule has 0 radical (unpaired) electrons. The van der Waals surface area contributed by atoms with Crippen molar-refractivity contribution in [3.63, 3.8) is 0 Å². The molecule has 6 nitrogen and oxygen atoms in total. The van der Waals surface area contributed by atoms with Gasteiger partial charge in [-0.15, -0.1) is 10.2 Å². The van der Waals surface area contributed by atoms with Gasteiger partial charge < -0.3 is 14.5 Å². The molecule has 0 spiro atoms. The first-order valence-corrected chi connectivity index (χ1v) is 8.92. The van der Waals surface area contributed by atoms with Crippen molar-refractivity contribution in [2.75, 3.05) is 5.32 Å². The number of hydrogen-bond acceptors (Lipinski definition) is 6. The Kier molecular flexibility index (Phi) is 6.19. The third-order valence-corrected chi connectivity index (χ3v) is 4.39. The van der Waals surface area contributed by atoms with Crippen LogP contribution in [-0.2, 0) is 11.4 Å². The molecule has 1 atom stereocenters. The summed E-state index contributed by atoms with van der Waals surface area (Å²) < 4.78 is 50.1. The van der Waals surface area contributed by atoms with E-state index in [2.05, 4.69) is 15.5 Å². The summed E-state index contributed by atoms with van der Waals surface area (Å²) in [4.78, 5) is 12.2. The van der Waals surface area contributed by atoms with Crippen molar-refractivity contribution in [2.24, 2.45) is 0 Å². The van der Waals surface area contributed by atoms with Crippen LogP contribution >= 0.6 is 11.8 Å². The Hall–Kier alpha value is -3.01. The van der Waals surface area contributed by atoms with Crippen LogP contribution in [-0.4, -0.2) is 21.4 Å². The number of amides is 1. The first kappa shape index (κ1) is 19.7. The number of halogens is 3. The monoisotopic (exact) mass is 409 g/mol. The number of carbonyl (C=O) groups excluding carboxylic acids is 1. The van der Waals surface area contributed by atoms with Crippen LogP contribution in [0.25, 0.3) is 0 Å². The van der Waals surface area contributed by atoms with Crippen LogP contribution in [0.15, 0.2) is 52.1 Å². The van der Waals surface area contributed by atoms with E-state index in [1.807, 2.05) is 0 Å². The van der Waals surface area contributed by atoms with Crippen molar-refractivity contribution in [3.8, 4) is 5.75 Å². The molecule has 3 rings (SSSR count). The minimum absolute atomic E-state index is 0.0272. The third-order valence-electron chi connectivity index (χ3n) is 3.46. The van der Waals surface area contributed by atoms with Crippen LogP contribution < -0.4 is 10.1 Å². The van der Waals surface area contributed by atoms with E-state index in [-0.39, 0.29) is 29.2 Å². The number of benzene rings is 2. The molecule has 0 saturated carbocycles. The second kappa shape index (κ2) is 8.79. The summed E-state index contributed by atoms with van der Waals surface area (Å²) in [5.74, 6) is -1.90. The van der Waals surface area contributed by atoms with Gasteiger partial charge in [0, 0.05) is 6.07 Å². The normalized spacial score (nSPS) is 11.9. The predicted molar refractivity (Wildman–Crippen MR) is 95.3 cm³/mol. The van der Waals surface area contributed by atoms with Gasteiger partial charge in [0.2, 0.25) is 5.91 Å². The highest BCUT2D eigenvalue weighted by Gasteiger charge is 2.20. The molecular formula is C18H14F3N3O3S. The minimum Gasteiger partial charge on any atom is -0.484 e. The van der Waals surface area contributed by atoms with Crippen LogP contribution in [0.1, 0.15) is 12.8 Å². The summed E-state index contributed by atoms with van der Waals surface area (Å²) in [5.41, 5.74) is -0.127. The van der Waals surface area contributed by atoms with Crippen molar-refractivity contribution in [1.29, 1.82) is 0 Å². The quantitative estimate of drug-likeness (QED) is 0.590. The molecule has 1 aromatic heterocycles. The van der Waals surface area contributed by atoms with Crippen LogP contribution in [0.3, 0.4) is 0 Å². The zero-order chi connectivity index (χ0) is 20.1. The van der Waals surface area contributed by atoms with Gasteiger partial charge in [-0.1, -0.05) is 11.8 Å². The Morgan fingerprint density at radius 2 is 1.86 bits per heavy atom. The number of nitrogens with zero attached hydrogens (tertiary/aromatic N) is 2. The summed E-state index contributed by atoms with van der Waals surface area (Å²) >= 11 is 0.970. The van der Waals surface area contributed by atoms with E-state index in [0.717, 1.165) is 23.9 Å². The summed E-state index contributed by atoms with van der Waals surface area (Å²) in [5, 5.41) is 9.41. The average molecular weight is 409 g/mol. The van der Waals surface area contributed by atoms with Gasteiger partial charge in [-0.3, -0.25) is 4.79 Å². The van der Waals surface area contributed by atoms with Crippen molar-refractivity contribution >= 4 is 23.4 Å². The highest BCUT2D eigenvalue weighted by Crippen LogP contribution is 2.24. The molecule has 0 fully saturated rings. The lowest BCUT2D eigenvalue weighted by atomic mass is 10.3. The first-order chi connectivity index (χ1) is 13.4. The van der Waals surface area contributed by atoms with Crippen molar-refractivity contribution in [3.05, 3.63) is 65.8 Å². The summed E-state index contributed by atoms with van der Waals surface area (Å²) in [6, 6.07) is 8.30. The number of thioether (sulfide) groups is 1. The van der Waals surface area contributed by atoms with E-state index in [1.54, 1.807) is 6.92 Å². The number of aromatic nitrogens is 2. The van der Waals surface area contributed by atoms with Gasteiger partial charge in [-0.2, -0.15) is 0 Å².